The van der Waals surface area contributed by atoms with Gasteiger partial charge < -0.3 is 10.3 Å². The summed E-state index contributed by atoms with van der Waals surface area (Å²) in [7, 11) is 0. The van der Waals surface area contributed by atoms with Crippen molar-refractivity contribution in [1.82, 2.24) is 15.3 Å². The molecule has 0 fully saturated rings. The molecule has 2 N–H and O–H groups in total. The molecule has 3 rings (SSSR count). The van der Waals surface area contributed by atoms with E-state index in [0.29, 0.717) is 17.8 Å². The molecule has 0 aliphatic heterocycles. The van der Waals surface area contributed by atoms with Crippen LogP contribution in [0.25, 0.3) is 10.9 Å². The van der Waals surface area contributed by atoms with Gasteiger partial charge in [-0.3, -0.25) is 4.79 Å². The number of rotatable bonds is 5. The van der Waals surface area contributed by atoms with E-state index in [2.05, 4.69) is 32.8 Å². The van der Waals surface area contributed by atoms with Gasteiger partial charge in [0.25, 0.3) is 5.56 Å². The van der Waals surface area contributed by atoms with Crippen molar-refractivity contribution >= 4 is 22.2 Å². The molecule has 0 bridgehead atoms. The highest BCUT2D eigenvalue weighted by Gasteiger charge is 2.02. The Morgan fingerprint density at radius 1 is 1.20 bits per heavy atom. The van der Waals surface area contributed by atoms with Gasteiger partial charge in [-0.15, -0.1) is 11.3 Å². The molecule has 102 valence electrons. The molecule has 20 heavy (non-hydrogen) atoms. The molecule has 1 aromatic carbocycles. The Hall–Kier alpha value is -1.98. The lowest BCUT2D eigenvalue weighted by Crippen LogP contribution is -2.21. The summed E-state index contributed by atoms with van der Waals surface area (Å²) in [4.78, 5) is 20.5. The molecule has 0 aliphatic rings. The molecule has 0 amide bonds. The van der Waals surface area contributed by atoms with E-state index in [1.807, 2.05) is 18.2 Å². The average molecular weight is 285 g/mol. The summed E-state index contributed by atoms with van der Waals surface area (Å²) in [5.41, 5.74) is 0.664. The van der Waals surface area contributed by atoms with Gasteiger partial charge in [0.15, 0.2) is 0 Å². The van der Waals surface area contributed by atoms with Crippen LogP contribution >= 0.6 is 11.3 Å². The first kappa shape index (κ1) is 13.0. The van der Waals surface area contributed by atoms with Gasteiger partial charge in [0.1, 0.15) is 5.82 Å². The quantitative estimate of drug-likeness (QED) is 0.707. The predicted molar refractivity (Wildman–Crippen MR) is 82.1 cm³/mol. The Labute approximate surface area is 120 Å². The average Bonchev–Trinajstić information content (AvgIpc) is 2.97. The van der Waals surface area contributed by atoms with E-state index < -0.39 is 0 Å². The smallest absolute Gasteiger partial charge is 0.258 e. The lowest BCUT2D eigenvalue weighted by Gasteiger charge is -2.04. The fourth-order valence-corrected chi connectivity index (χ4v) is 2.80. The SMILES string of the molecule is O=c1[nH]c(CNCCc2cccs2)nc2ccccc12. The number of aromatic nitrogens is 2. The second-order valence-corrected chi connectivity index (χ2v) is 5.57. The van der Waals surface area contributed by atoms with Crippen molar-refractivity contribution < 1.29 is 0 Å². The van der Waals surface area contributed by atoms with Crippen LogP contribution in [0.4, 0.5) is 0 Å². The van der Waals surface area contributed by atoms with E-state index in [1.165, 1.54) is 4.88 Å². The molecule has 2 heterocycles. The molecule has 0 saturated carbocycles. The van der Waals surface area contributed by atoms with Crippen molar-refractivity contribution in [3.8, 4) is 0 Å². The number of aromatic amines is 1. The summed E-state index contributed by atoms with van der Waals surface area (Å²) in [6.07, 6.45) is 0.996. The molecule has 3 aromatic rings. The Kier molecular flexibility index (Phi) is 3.90. The Balaban J connectivity index is 1.64. The van der Waals surface area contributed by atoms with Gasteiger partial charge in [0, 0.05) is 11.4 Å². The number of H-pyrrole nitrogens is 1. The maximum Gasteiger partial charge on any atom is 0.258 e. The van der Waals surface area contributed by atoms with Gasteiger partial charge in [-0.25, -0.2) is 4.98 Å². The summed E-state index contributed by atoms with van der Waals surface area (Å²) in [5.74, 6) is 0.680. The fraction of sp³-hybridized carbons (Fsp3) is 0.200. The topological polar surface area (TPSA) is 57.8 Å². The highest BCUT2D eigenvalue weighted by molar-refractivity contribution is 7.09. The van der Waals surface area contributed by atoms with Gasteiger partial charge >= 0.3 is 0 Å². The molecule has 0 unspecified atom stereocenters. The maximum atomic E-state index is 11.9. The zero-order chi connectivity index (χ0) is 13.8. The summed E-state index contributed by atoms with van der Waals surface area (Å²) < 4.78 is 0. The first-order valence-corrected chi connectivity index (χ1v) is 7.42. The second kappa shape index (κ2) is 5.98. The van der Waals surface area contributed by atoms with Gasteiger partial charge in [-0.05, 0) is 30.0 Å². The zero-order valence-corrected chi connectivity index (χ0v) is 11.7. The Morgan fingerprint density at radius 2 is 2.10 bits per heavy atom. The third kappa shape index (κ3) is 2.95. The number of benzene rings is 1. The van der Waals surface area contributed by atoms with E-state index in [9.17, 15) is 4.79 Å². The van der Waals surface area contributed by atoms with Crippen LogP contribution in [0.3, 0.4) is 0 Å². The number of nitrogens with zero attached hydrogens (tertiary/aromatic N) is 1. The van der Waals surface area contributed by atoms with Gasteiger partial charge in [0.05, 0.1) is 17.4 Å². The van der Waals surface area contributed by atoms with Crippen LogP contribution in [-0.2, 0) is 13.0 Å². The van der Waals surface area contributed by atoms with Gasteiger partial charge in [-0.2, -0.15) is 0 Å². The van der Waals surface area contributed by atoms with Crippen molar-refractivity contribution in [2.24, 2.45) is 0 Å². The lowest BCUT2D eigenvalue weighted by atomic mass is 10.2. The van der Waals surface area contributed by atoms with Crippen molar-refractivity contribution in [2.75, 3.05) is 6.54 Å². The van der Waals surface area contributed by atoms with E-state index in [4.69, 9.17) is 0 Å². The molecule has 2 aromatic heterocycles. The van der Waals surface area contributed by atoms with Gasteiger partial charge in [0.2, 0.25) is 0 Å². The monoisotopic (exact) mass is 285 g/mol. The van der Waals surface area contributed by atoms with Crippen LogP contribution in [0.5, 0.6) is 0 Å². The Morgan fingerprint density at radius 3 is 2.95 bits per heavy atom. The fourth-order valence-electron chi connectivity index (χ4n) is 2.09. The number of hydrogen-bond acceptors (Lipinski definition) is 4. The predicted octanol–water partition coefficient (Wildman–Crippen LogP) is 2.32. The Bertz CT molecular complexity index is 749. The largest absolute Gasteiger partial charge is 0.310 e. The normalized spacial score (nSPS) is 11.0. The molecule has 0 atom stereocenters. The van der Waals surface area contributed by atoms with E-state index in [-0.39, 0.29) is 5.56 Å². The van der Waals surface area contributed by atoms with Crippen molar-refractivity contribution in [3.63, 3.8) is 0 Å². The molecule has 0 spiro atoms. The molecule has 0 radical (unpaired) electrons. The maximum absolute atomic E-state index is 11.9. The number of para-hydroxylation sites is 1. The number of fused-ring (bicyclic) bond motifs is 1. The minimum Gasteiger partial charge on any atom is -0.310 e. The minimum atomic E-state index is -0.0781. The molecule has 0 saturated heterocycles. The third-order valence-electron chi connectivity index (χ3n) is 3.08. The van der Waals surface area contributed by atoms with Crippen molar-refractivity contribution in [2.45, 2.75) is 13.0 Å². The van der Waals surface area contributed by atoms with Crippen molar-refractivity contribution in [1.29, 1.82) is 0 Å². The highest BCUT2D eigenvalue weighted by atomic mass is 32.1. The lowest BCUT2D eigenvalue weighted by molar-refractivity contribution is 0.663. The van der Waals surface area contributed by atoms with E-state index in [0.717, 1.165) is 18.5 Å². The first-order chi connectivity index (χ1) is 9.83. The van der Waals surface area contributed by atoms with Crippen LogP contribution < -0.4 is 10.9 Å². The zero-order valence-electron chi connectivity index (χ0n) is 10.9. The first-order valence-electron chi connectivity index (χ1n) is 6.54. The summed E-state index contributed by atoms with van der Waals surface area (Å²) in [6.45, 7) is 1.45. The molecular formula is C15H15N3OS. The summed E-state index contributed by atoms with van der Waals surface area (Å²) in [6, 6.07) is 11.6. The van der Waals surface area contributed by atoms with Crippen LogP contribution in [0.1, 0.15) is 10.7 Å². The minimum absolute atomic E-state index is 0.0781. The standard InChI is InChI=1S/C15H15N3OS/c19-15-12-5-1-2-6-13(12)17-14(18-15)10-16-8-7-11-4-3-9-20-11/h1-6,9,16H,7-8,10H2,(H,17,18,19). The van der Waals surface area contributed by atoms with Crippen LogP contribution in [-0.4, -0.2) is 16.5 Å². The molecule has 4 nitrogen and oxygen atoms in total. The molecular weight excluding hydrogens is 270 g/mol. The number of hydrogen-bond donors (Lipinski definition) is 2. The van der Waals surface area contributed by atoms with E-state index >= 15 is 0 Å². The van der Waals surface area contributed by atoms with Gasteiger partial charge in [-0.1, -0.05) is 18.2 Å². The molecule has 5 heteroatoms. The van der Waals surface area contributed by atoms with Crippen LogP contribution in [0, 0.1) is 0 Å². The second-order valence-electron chi connectivity index (χ2n) is 4.54. The molecule has 0 aliphatic carbocycles. The highest BCUT2D eigenvalue weighted by Crippen LogP contribution is 2.08. The number of nitrogens with one attached hydrogen (secondary N) is 2. The van der Waals surface area contributed by atoms with Crippen LogP contribution in [0.2, 0.25) is 0 Å². The number of thiophene rings is 1. The van der Waals surface area contributed by atoms with Crippen molar-refractivity contribution in [3.05, 3.63) is 62.8 Å². The summed E-state index contributed by atoms with van der Waals surface area (Å²) >= 11 is 1.76. The summed E-state index contributed by atoms with van der Waals surface area (Å²) in [5, 5.41) is 6.02. The third-order valence-corrected chi connectivity index (χ3v) is 4.02. The van der Waals surface area contributed by atoms with Crippen LogP contribution in [0.15, 0.2) is 46.6 Å². The van der Waals surface area contributed by atoms with E-state index in [1.54, 1.807) is 17.4 Å².